The smallest absolute Gasteiger partial charge is 0.291 e. The molecule has 0 saturated heterocycles. The van der Waals surface area contributed by atoms with Gasteiger partial charge in [-0.1, -0.05) is 30.3 Å². The molecule has 0 fully saturated rings. The minimum absolute atomic E-state index is 0.0961. The number of furan rings is 1. The SMILES string of the molecule is Cc1nccn1-c1cc(CNC(=O)Cc2ccc(NC(=O)c3cc4ccccc4o3)cc2)ccn1. The number of carbonyl (C=O) groups is 2. The molecule has 0 aliphatic heterocycles. The van der Waals surface area contributed by atoms with Crippen molar-refractivity contribution >= 4 is 28.5 Å². The first-order valence-electron chi connectivity index (χ1n) is 11.2. The van der Waals surface area contributed by atoms with Crippen molar-refractivity contribution in [3.05, 3.63) is 108 Å². The zero-order valence-corrected chi connectivity index (χ0v) is 19.1. The number of aromatic nitrogens is 3. The van der Waals surface area contributed by atoms with Crippen LogP contribution in [0.5, 0.6) is 0 Å². The van der Waals surface area contributed by atoms with Crippen LogP contribution < -0.4 is 10.6 Å². The van der Waals surface area contributed by atoms with E-state index in [1.165, 1.54) is 0 Å². The highest BCUT2D eigenvalue weighted by Gasteiger charge is 2.13. The summed E-state index contributed by atoms with van der Waals surface area (Å²) in [6.45, 7) is 2.30. The number of hydrogen-bond acceptors (Lipinski definition) is 5. The van der Waals surface area contributed by atoms with Crippen LogP contribution in [0.25, 0.3) is 16.8 Å². The van der Waals surface area contributed by atoms with E-state index in [1.807, 2.05) is 66.2 Å². The second-order valence-electron chi connectivity index (χ2n) is 8.12. The van der Waals surface area contributed by atoms with Crippen molar-refractivity contribution in [2.75, 3.05) is 5.32 Å². The maximum absolute atomic E-state index is 12.5. The molecule has 0 spiro atoms. The number of amides is 2. The molecule has 3 aromatic heterocycles. The highest BCUT2D eigenvalue weighted by Crippen LogP contribution is 2.20. The summed E-state index contributed by atoms with van der Waals surface area (Å²) in [6.07, 6.45) is 5.52. The van der Waals surface area contributed by atoms with Gasteiger partial charge in [-0.15, -0.1) is 0 Å². The second kappa shape index (κ2) is 9.64. The van der Waals surface area contributed by atoms with Gasteiger partial charge in [0.2, 0.25) is 5.91 Å². The summed E-state index contributed by atoms with van der Waals surface area (Å²) in [5, 5.41) is 6.64. The molecule has 0 unspecified atom stereocenters. The van der Waals surface area contributed by atoms with Gasteiger partial charge in [0.25, 0.3) is 5.91 Å². The molecule has 5 rings (SSSR count). The van der Waals surface area contributed by atoms with E-state index in [2.05, 4.69) is 20.6 Å². The van der Waals surface area contributed by atoms with Gasteiger partial charge >= 0.3 is 0 Å². The van der Waals surface area contributed by atoms with E-state index in [-0.39, 0.29) is 24.0 Å². The molecular formula is C27H23N5O3. The average molecular weight is 466 g/mol. The second-order valence-corrected chi connectivity index (χ2v) is 8.12. The molecule has 0 atom stereocenters. The predicted octanol–water partition coefficient (Wildman–Crippen LogP) is 4.43. The number of para-hydroxylation sites is 1. The third-order valence-electron chi connectivity index (χ3n) is 5.60. The van der Waals surface area contributed by atoms with Gasteiger partial charge in [0.15, 0.2) is 5.76 Å². The van der Waals surface area contributed by atoms with Crippen molar-refractivity contribution in [3.63, 3.8) is 0 Å². The van der Waals surface area contributed by atoms with Crippen LogP contribution in [0.15, 0.2) is 89.7 Å². The Hall–Kier alpha value is -4.72. The largest absolute Gasteiger partial charge is 0.451 e. The lowest BCUT2D eigenvalue weighted by molar-refractivity contribution is -0.120. The standard InChI is InChI=1S/C27H23N5O3/c1-18-28-12-13-32(18)25-14-20(10-11-29-25)17-30-26(33)15-19-6-8-22(9-7-19)31-27(34)24-16-21-4-2-3-5-23(21)35-24/h2-14,16H,15,17H2,1H3,(H,30,33)(H,31,34). The Balaban J connectivity index is 1.15. The number of hydrogen-bond donors (Lipinski definition) is 2. The molecule has 0 saturated carbocycles. The number of imidazole rings is 1. The molecule has 3 heterocycles. The van der Waals surface area contributed by atoms with Crippen molar-refractivity contribution in [2.24, 2.45) is 0 Å². The lowest BCUT2D eigenvalue weighted by Gasteiger charge is -2.09. The maximum Gasteiger partial charge on any atom is 0.291 e. The third-order valence-corrected chi connectivity index (χ3v) is 5.60. The average Bonchev–Trinajstić information content (AvgIpc) is 3.50. The van der Waals surface area contributed by atoms with E-state index in [9.17, 15) is 9.59 Å². The van der Waals surface area contributed by atoms with Gasteiger partial charge < -0.3 is 15.1 Å². The van der Waals surface area contributed by atoms with Gasteiger partial charge in [-0.25, -0.2) is 9.97 Å². The topological polar surface area (TPSA) is 102 Å². The van der Waals surface area contributed by atoms with Crippen LogP contribution in [0.1, 0.15) is 27.5 Å². The Kier molecular flexibility index (Phi) is 6.09. The molecule has 8 nitrogen and oxygen atoms in total. The zero-order chi connectivity index (χ0) is 24.2. The van der Waals surface area contributed by atoms with Gasteiger partial charge in [0, 0.05) is 36.2 Å². The number of rotatable bonds is 7. The van der Waals surface area contributed by atoms with Gasteiger partial charge in [-0.3, -0.25) is 14.2 Å². The fourth-order valence-corrected chi connectivity index (χ4v) is 3.76. The molecular weight excluding hydrogens is 442 g/mol. The van der Waals surface area contributed by atoms with E-state index in [4.69, 9.17) is 4.42 Å². The van der Waals surface area contributed by atoms with E-state index < -0.39 is 0 Å². The highest BCUT2D eigenvalue weighted by molar-refractivity contribution is 6.04. The molecule has 0 aliphatic rings. The summed E-state index contributed by atoms with van der Waals surface area (Å²) in [6, 6.07) is 20.2. The summed E-state index contributed by atoms with van der Waals surface area (Å²) < 4.78 is 7.49. The first-order chi connectivity index (χ1) is 17.0. The summed E-state index contributed by atoms with van der Waals surface area (Å²) in [7, 11) is 0. The maximum atomic E-state index is 12.5. The molecule has 8 heteroatoms. The van der Waals surface area contributed by atoms with Gasteiger partial charge in [-0.2, -0.15) is 0 Å². The molecule has 2 aromatic carbocycles. The van der Waals surface area contributed by atoms with Gasteiger partial charge in [0.1, 0.15) is 17.2 Å². The Labute approximate surface area is 201 Å². The molecule has 174 valence electrons. The molecule has 2 N–H and O–H groups in total. The Bertz CT molecular complexity index is 1470. The van der Waals surface area contributed by atoms with Crippen LogP contribution >= 0.6 is 0 Å². The molecule has 0 bridgehead atoms. The fraction of sp³-hybridized carbons (Fsp3) is 0.111. The number of aryl methyl sites for hydroxylation is 1. The molecule has 2 amide bonds. The first kappa shape index (κ1) is 22.1. The van der Waals surface area contributed by atoms with Crippen LogP contribution in [0.4, 0.5) is 5.69 Å². The van der Waals surface area contributed by atoms with Crippen LogP contribution in [-0.2, 0) is 17.8 Å². The first-order valence-corrected chi connectivity index (χ1v) is 11.2. The lowest BCUT2D eigenvalue weighted by atomic mass is 10.1. The number of anilines is 1. The predicted molar refractivity (Wildman–Crippen MR) is 132 cm³/mol. The van der Waals surface area contributed by atoms with E-state index >= 15 is 0 Å². The van der Waals surface area contributed by atoms with Gasteiger partial charge in [0.05, 0.1) is 6.42 Å². The minimum atomic E-state index is -0.325. The number of pyridine rings is 1. The summed E-state index contributed by atoms with van der Waals surface area (Å²) >= 11 is 0. The number of nitrogens with one attached hydrogen (secondary N) is 2. The molecule has 0 aliphatic carbocycles. The fourth-order valence-electron chi connectivity index (χ4n) is 3.76. The Morgan fingerprint density at radius 3 is 2.54 bits per heavy atom. The monoisotopic (exact) mass is 465 g/mol. The molecule has 5 aromatic rings. The number of benzene rings is 2. The van der Waals surface area contributed by atoms with Crippen molar-refractivity contribution in [3.8, 4) is 5.82 Å². The van der Waals surface area contributed by atoms with Crippen molar-refractivity contribution in [1.82, 2.24) is 19.9 Å². The third kappa shape index (κ3) is 5.11. The van der Waals surface area contributed by atoms with Gasteiger partial charge in [-0.05, 0) is 54.4 Å². The van der Waals surface area contributed by atoms with Crippen molar-refractivity contribution in [1.29, 1.82) is 0 Å². The lowest BCUT2D eigenvalue weighted by Crippen LogP contribution is -2.24. The van der Waals surface area contributed by atoms with E-state index in [1.54, 1.807) is 30.6 Å². The normalized spacial score (nSPS) is 10.9. The quantitative estimate of drug-likeness (QED) is 0.370. The van der Waals surface area contributed by atoms with Crippen LogP contribution in [-0.4, -0.2) is 26.3 Å². The molecule has 0 radical (unpaired) electrons. The Morgan fingerprint density at radius 1 is 0.943 bits per heavy atom. The van der Waals surface area contributed by atoms with E-state index in [0.29, 0.717) is 17.8 Å². The number of carbonyl (C=O) groups excluding carboxylic acids is 2. The number of nitrogens with zero attached hydrogens (tertiary/aromatic N) is 3. The number of fused-ring (bicyclic) bond motifs is 1. The van der Waals surface area contributed by atoms with E-state index in [0.717, 1.165) is 28.2 Å². The zero-order valence-electron chi connectivity index (χ0n) is 19.1. The molecule has 35 heavy (non-hydrogen) atoms. The Morgan fingerprint density at radius 2 is 1.77 bits per heavy atom. The highest BCUT2D eigenvalue weighted by atomic mass is 16.3. The van der Waals surface area contributed by atoms with Crippen LogP contribution in [0, 0.1) is 6.92 Å². The van der Waals surface area contributed by atoms with Crippen LogP contribution in [0.3, 0.4) is 0 Å². The summed E-state index contributed by atoms with van der Waals surface area (Å²) in [5.41, 5.74) is 3.08. The minimum Gasteiger partial charge on any atom is -0.451 e. The van der Waals surface area contributed by atoms with Crippen molar-refractivity contribution in [2.45, 2.75) is 19.9 Å². The summed E-state index contributed by atoms with van der Waals surface area (Å²) in [4.78, 5) is 33.6. The van der Waals surface area contributed by atoms with Crippen LogP contribution in [0.2, 0.25) is 0 Å². The van der Waals surface area contributed by atoms with Crippen molar-refractivity contribution < 1.29 is 14.0 Å². The summed E-state index contributed by atoms with van der Waals surface area (Å²) in [5.74, 6) is 1.43.